The Kier molecular flexibility index (Phi) is 7.19. The Morgan fingerprint density at radius 2 is 1.92 bits per heavy atom. The number of ether oxygens (including phenoxy) is 1. The van der Waals surface area contributed by atoms with Crippen LogP contribution in [0.5, 0.6) is 5.75 Å². The van der Waals surface area contributed by atoms with Crippen molar-refractivity contribution in [3.8, 4) is 5.75 Å². The number of carbonyl (C=O) groups is 1. The zero-order valence-corrected chi connectivity index (χ0v) is 15.4. The van der Waals surface area contributed by atoms with E-state index >= 15 is 0 Å². The molecular formula is C20H25NO2S. The molecule has 0 saturated carbocycles. The van der Waals surface area contributed by atoms with Crippen molar-refractivity contribution in [3.05, 3.63) is 59.7 Å². The first kappa shape index (κ1) is 18.4. The van der Waals surface area contributed by atoms with Crippen molar-refractivity contribution in [1.82, 2.24) is 5.32 Å². The van der Waals surface area contributed by atoms with E-state index in [1.165, 1.54) is 4.90 Å². The summed E-state index contributed by atoms with van der Waals surface area (Å²) in [5.41, 5.74) is 1.73. The van der Waals surface area contributed by atoms with Crippen molar-refractivity contribution < 1.29 is 9.53 Å². The summed E-state index contributed by atoms with van der Waals surface area (Å²) in [5, 5.41) is 3.01. The van der Waals surface area contributed by atoms with Gasteiger partial charge in [0.15, 0.2) is 0 Å². The molecule has 24 heavy (non-hydrogen) atoms. The summed E-state index contributed by atoms with van der Waals surface area (Å²) in [6.07, 6.45) is 0.916. The molecule has 0 radical (unpaired) electrons. The van der Waals surface area contributed by atoms with Crippen molar-refractivity contribution in [2.75, 3.05) is 6.61 Å². The number of hydrogen-bond donors (Lipinski definition) is 1. The van der Waals surface area contributed by atoms with Crippen molar-refractivity contribution in [2.45, 2.75) is 43.9 Å². The van der Waals surface area contributed by atoms with E-state index in [4.69, 9.17) is 4.74 Å². The van der Waals surface area contributed by atoms with Gasteiger partial charge >= 0.3 is 0 Å². The molecule has 2 aromatic carbocycles. The van der Waals surface area contributed by atoms with Crippen LogP contribution in [0, 0.1) is 0 Å². The van der Waals surface area contributed by atoms with Gasteiger partial charge in [-0.25, -0.2) is 0 Å². The molecule has 2 rings (SSSR count). The zero-order valence-electron chi connectivity index (χ0n) is 14.5. The van der Waals surface area contributed by atoms with Gasteiger partial charge in [0.25, 0.3) is 5.91 Å². The molecule has 3 nitrogen and oxygen atoms in total. The second-order valence-electron chi connectivity index (χ2n) is 5.64. The third-order valence-electron chi connectivity index (χ3n) is 3.75. The van der Waals surface area contributed by atoms with Crippen LogP contribution in [0.3, 0.4) is 0 Å². The molecule has 0 saturated heterocycles. The van der Waals surface area contributed by atoms with Crippen LogP contribution in [0.25, 0.3) is 0 Å². The van der Waals surface area contributed by atoms with Crippen LogP contribution in [0.1, 0.15) is 43.1 Å². The monoisotopic (exact) mass is 343 g/mol. The van der Waals surface area contributed by atoms with E-state index in [0.717, 1.165) is 23.5 Å². The molecule has 0 aromatic heterocycles. The number of benzene rings is 2. The highest BCUT2D eigenvalue weighted by atomic mass is 32.2. The minimum absolute atomic E-state index is 0.0293. The van der Waals surface area contributed by atoms with Gasteiger partial charge in [-0.1, -0.05) is 25.1 Å². The Morgan fingerprint density at radius 1 is 1.17 bits per heavy atom. The summed E-state index contributed by atoms with van der Waals surface area (Å²) in [6.45, 7) is 6.66. The highest BCUT2D eigenvalue weighted by molar-refractivity contribution is 7.98. The Hall–Kier alpha value is -1.94. The summed E-state index contributed by atoms with van der Waals surface area (Å²) in [6, 6.07) is 16.1. The van der Waals surface area contributed by atoms with Gasteiger partial charge in [-0.05, 0) is 50.6 Å². The number of rotatable bonds is 8. The van der Waals surface area contributed by atoms with E-state index < -0.39 is 0 Å². The molecule has 128 valence electrons. The zero-order chi connectivity index (χ0) is 17.4. The summed E-state index contributed by atoms with van der Waals surface area (Å²) in [4.78, 5) is 13.6. The predicted molar refractivity (Wildman–Crippen MR) is 101 cm³/mol. The normalized spacial score (nSPS) is 11.8. The smallest absolute Gasteiger partial charge is 0.251 e. The third kappa shape index (κ3) is 5.31. The predicted octanol–water partition coefficient (Wildman–Crippen LogP) is 4.91. The van der Waals surface area contributed by atoms with E-state index in [0.29, 0.717) is 12.2 Å². The summed E-state index contributed by atoms with van der Waals surface area (Å²) < 4.78 is 5.72. The van der Waals surface area contributed by atoms with Crippen molar-refractivity contribution in [2.24, 2.45) is 0 Å². The molecule has 2 aromatic rings. The standard InChI is InChI=1S/C20H25NO2S/c1-4-15(3)21-20(22)16-11-12-19(23-5-2)17(13-16)14-24-18-9-7-6-8-10-18/h6-13,15H,4-5,14H2,1-3H3,(H,21,22). The average Bonchev–Trinajstić information content (AvgIpc) is 2.61. The first-order valence-corrected chi connectivity index (χ1v) is 9.37. The Bertz CT molecular complexity index is 658. The average molecular weight is 343 g/mol. The van der Waals surface area contributed by atoms with E-state index in [1.54, 1.807) is 11.8 Å². The van der Waals surface area contributed by atoms with Crippen LogP contribution in [0.2, 0.25) is 0 Å². The fraction of sp³-hybridized carbons (Fsp3) is 0.350. The maximum atomic E-state index is 12.4. The molecule has 1 amide bonds. The molecule has 0 spiro atoms. The van der Waals surface area contributed by atoms with Gasteiger partial charge in [0.1, 0.15) is 5.75 Å². The fourth-order valence-corrected chi connectivity index (χ4v) is 3.11. The number of nitrogens with one attached hydrogen (secondary N) is 1. The van der Waals surface area contributed by atoms with E-state index in [1.807, 2.05) is 50.2 Å². The van der Waals surface area contributed by atoms with Gasteiger partial charge in [-0.2, -0.15) is 0 Å². The van der Waals surface area contributed by atoms with Gasteiger partial charge in [-0.15, -0.1) is 11.8 Å². The number of thioether (sulfide) groups is 1. The second-order valence-corrected chi connectivity index (χ2v) is 6.69. The lowest BCUT2D eigenvalue weighted by molar-refractivity contribution is 0.0939. The lowest BCUT2D eigenvalue weighted by atomic mass is 10.1. The van der Waals surface area contributed by atoms with Gasteiger partial charge in [0, 0.05) is 27.8 Å². The lowest BCUT2D eigenvalue weighted by Crippen LogP contribution is -2.31. The van der Waals surface area contributed by atoms with E-state index in [9.17, 15) is 4.79 Å². The van der Waals surface area contributed by atoms with E-state index in [-0.39, 0.29) is 11.9 Å². The first-order valence-electron chi connectivity index (χ1n) is 8.38. The van der Waals surface area contributed by atoms with Crippen LogP contribution in [-0.2, 0) is 5.75 Å². The second kappa shape index (κ2) is 9.38. The van der Waals surface area contributed by atoms with Gasteiger partial charge in [0.05, 0.1) is 6.61 Å². The van der Waals surface area contributed by atoms with Crippen LogP contribution in [0.4, 0.5) is 0 Å². The maximum absolute atomic E-state index is 12.4. The van der Waals surface area contributed by atoms with Crippen molar-refractivity contribution in [1.29, 1.82) is 0 Å². The molecule has 0 fully saturated rings. The number of amides is 1. The number of carbonyl (C=O) groups excluding carboxylic acids is 1. The summed E-state index contributed by atoms with van der Waals surface area (Å²) in [7, 11) is 0. The number of hydrogen-bond acceptors (Lipinski definition) is 3. The molecule has 0 bridgehead atoms. The fourth-order valence-electron chi connectivity index (χ4n) is 2.22. The molecular weight excluding hydrogens is 318 g/mol. The minimum atomic E-state index is -0.0293. The molecule has 0 aliphatic carbocycles. The molecule has 1 unspecified atom stereocenters. The topological polar surface area (TPSA) is 38.3 Å². The maximum Gasteiger partial charge on any atom is 0.251 e. The summed E-state index contributed by atoms with van der Waals surface area (Å²) >= 11 is 1.74. The molecule has 4 heteroatoms. The SMILES string of the molecule is CCOc1ccc(C(=O)NC(C)CC)cc1CSc1ccccc1. The minimum Gasteiger partial charge on any atom is -0.494 e. The third-order valence-corrected chi connectivity index (χ3v) is 4.81. The van der Waals surface area contributed by atoms with Gasteiger partial charge in [0.2, 0.25) is 0 Å². The Balaban J connectivity index is 2.16. The summed E-state index contributed by atoms with van der Waals surface area (Å²) in [5.74, 6) is 1.59. The van der Waals surface area contributed by atoms with Crippen molar-refractivity contribution in [3.63, 3.8) is 0 Å². The molecule has 1 N–H and O–H groups in total. The molecule has 0 aliphatic rings. The van der Waals surface area contributed by atoms with Crippen LogP contribution >= 0.6 is 11.8 Å². The highest BCUT2D eigenvalue weighted by Gasteiger charge is 2.12. The molecule has 1 atom stereocenters. The van der Waals surface area contributed by atoms with Gasteiger partial charge < -0.3 is 10.1 Å². The van der Waals surface area contributed by atoms with Crippen molar-refractivity contribution >= 4 is 17.7 Å². The molecule has 0 heterocycles. The molecule has 0 aliphatic heterocycles. The Labute approximate surface area is 148 Å². The first-order chi connectivity index (χ1) is 11.6. The van der Waals surface area contributed by atoms with Crippen LogP contribution in [0.15, 0.2) is 53.4 Å². The van der Waals surface area contributed by atoms with Crippen LogP contribution in [-0.4, -0.2) is 18.6 Å². The lowest BCUT2D eigenvalue weighted by Gasteiger charge is -2.14. The van der Waals surface area contributed by atoms with E-state index in [2.05, 4.69) is 24.4 Å². The quantitative estimate of drug-likeness (QED) is 0.692. The highest BCUT2D eigenvalue weighted by Crippen LogP contribution is 2.29. The Morgan fingerprint density at radius 3 is 2.58 bits per heavy atom. The van der Waals surface area contributed by atoms with Crippen LogP contribution < -0.4 is 10.1 Å². The largest absolute Gasteiger partial charge is 0.494 e. The van der Waals surface area contributed by atoms with Gasteiger partial charge in [-0.3, -0.25) is 4.79 Å².